The van der Waals surface area contributed by atoms with E-state index in [4.69, 9.17) is 9.47 Å². The van der Waals surface area contributed by atoms with Crippen molar-refractivity contribution in [2.75, 3.05) is 19.9 Å². The molecule has 4 rings (SSSR count). The first-order chi connectivity index (χ1) is 12.6. The van der Waals surface area contributed by atoms with Gasteiger partial charge in [0.2, 0.25) is 6.79 Å². The minimum Gasteiger partial charge on any atom is -0.454 e. The summed E-state index contributed by atoms with van der Waals surface area (Å²) in [5.74, 6) is 1.21. The smallest absolute Gasteiger partial charge is 0.272 e. The summed E-state index contributed by atoms with van der Waals surface area (Å²) in [7, 11) is 1.80. The maximum atomic E-state index is 12.6. The molecule has 2 aliphatic heterocycles. The number of ether oxygens (including phenoxy) is 2. The summed E-state index contributed by atoms with van der Waals surface area (Å²) in [6.07, 6.45) is 2.35. The van der Waals surface area contributed by atoms with Gasteiger partial charge in [-0.2, -0.15) is 5.10 Å². The maximum Gasteiger partial charge on any atom is 0.272 e. The van der Waals surface area contributed by atoms with E-state index in [2.05, 4.69) is 15.3 Å². The van der Waals surface area contributed by atoms with Crippen LogP contribution in [0.2, 0.25) is 0 Å². The third-order valence-corrected chi connectivity index (χ3v) is 4.65. The molecule has 2 aromatic rings. The highest BCUT2D eigenvalue weighted by Gasteiger charge is 2.24. The Balaban J connectivity index is 1.41. The van der Waals surface area contributed by atoms with Gasteiger partial charge >= 0.3 is 0 Å². The number of carbonyl (C=O) groups excluding carboxylic acids is 1. The van der Waals surface area contributed by atoms with Crippen molar-refractivity contribution in [3.8, 4) is 11.5 Å². The molecule has 1 atom stereocenters. The molecule has 1 unspecified atom stereocenters. The van der Waals surface area contributed by atoms with E-state index in [1.165, 1.54) is 0 Å². The number of aromatic nitrogens is 2. The molecule has 0 spiro atoms. The zero-order valence-corrected chi connectivity index (χ0v) is 14.6. The highest BCUT2D eigenvalue weighted by Crippen LogP contribution is 2.32. The van der Waals surface area contributed by atoms with E-state index in [0.717, 1.165) is 29.8 Å². The van der Waals surface area contributed by atoms with Crippen molar-refractivity contribution < 1.29 is 19.4 Å². The summed E-state index contributed by atoms with van der Waals surface area (Å²) in [5, 5.41) is 16.9. The lowest BCUT2D eigenvalue weighted by Crippen LogP contribution is -2.27. The van der Waals surface area contributed by atoms with Gasteiger partial charge in [0.15, 0.2) is 17.2 Å². The Morgan fingerprint density at radius 2 is 2.23 bits per heavy atom. The zero-order chi connectivity index (χ0) is 18.1. The Morgan fingerprint density at radius 1 is 1.38 bits per heavy atom. The predicted octanol–water partition coefficient (Wildman–Crippen LogP) is 0.645. The number of nitrogens with one attached hydrogen (secondary N) is 1. The van der Waals surface area contributed by atoms with Gasteiger partial charge in [0.05, 0.1) is 6.10 Å². The number of rotatable bonds is 5. The summed E-state index contributed by atoms with van der Waals surface area (Å²) in [5.41, 5.74) is 2.22. The first-order valence-electron chi connectivity index (χ1n) is 8.68. The van der Waals surface area contributed by atoms with Crippen molar-refractivity contribution >= 4 is 5.91 Å². The molecule has 1 aromatic heterocycles. The third-order valence-electron chi connectivity index (χ3n) is 4.65. The van der Waals surface area contributed by atoms with E-state index in [1.54, 1.807) is 11.7 Å². The van der Waals surface area contributed by atoms with Crippen LogP contribution in [0.4, 0.5) is 0 Å². The van der Waals surface area contributed by atoms with E-state index in [-0.39, 0.29) is 18.8 Å². The number of hydrogen-bond donors (Lipinski definition) is 2. The van der Waals surface area contributed by atoms with E-state index < -0.39 is 0 Å². The van der Waals surface area contributed by atoms with Crippen LogP contribution in [-0.2, 0) is 20.1 Å². The quantitative estimate of drug-likeness (QED) is 0.816. The summed E-state index contributed by atoms with van der Waals surface area (Å²) < 4.78 is 12.3. The number of aryl methyl sites for hydroxylation is 1. The minimum atomic E-state index is -0.282. The number of nitrogens with zero attached hydrogens (tertiary/aromatic N) is 3. The number of aliphatic hydroxyl groups is 1. The van der Waals surface area contributed by atoms with Crippen LogP contribution in [0.1, 0.15) is 28.0 Å². The fourth-order valence-electron chi connectivity index (χ4n) is 3.36. The molecular formula is C18H22N4O4. The Kier molecular flexibility index (Phi) is 4.52. The van der Waals surface area contributed by atoms with Crippen LogP contribution in [0.25, 0.3) is 0 Å². The van der Waals surface area contributed by atoms with Crippen molar-refractivity contribution in [1.82, 2.24) is 20.0 Å². The fourth-order valence-corrected chi connectivity index (χ4v) is 3.36. The minimum absolute atomic E-state index is 0.210. The Bertz CT molecular complexity index is 820. The predicted molar refractivity (Wildman–Crippen MR) is 92.8 cm³/mol. The van der Waals surface area contributed by atoms with Crippen molar-refractivity contribution in [1.29, 1.82) is 0 Å². The van der Waals surface area contributed by atoms with Crippen molar-refractivity contribution in [3.63, 3.8) is 0 Å². The lowest BCUT2D eigenvalue weighted by Gasteiger charge is -2.14. The van der Waals surface area contributed by atoms with Gasteiger partial charge in [-0.25, -0.2) is 0 Å². The molecular weight excluding hydrogens is 336 g/mol. The van der Waals surface area contributed by atoms with Gasteiger partial charge in [-0.05, 0) is 24.1 Å². The van der Waals surface area contributed by atoms with E-state index in [0.29, 0.717) is 31.1 Å². The molecule has 8 heteroatoms. The van der Waals surface area contributed by atoms with Crippen molar-refractivity contribution in [2.24, 2.45) is 7.05 Å². The van der Waals surface area contributed by atoms with Gasteiger partial charge < -0.3 is 19.9 Å². The maximum absolute atomic E-state index is 12.6. The topological polar surface area (TPSA) is 88.9 Å². The summed E-state index contributed by atoms with van der Waals surface area (Å²) in [6.45, 7) is 2.68. The summed E-state index contributed by atoms with van der Waals surface area (Å²) >= 11 is 0. The molecule has 0 bridgehead atoms. The molecule has 0 saturated carbocycles. The molecule has 0 aliphatic carbocycles. The Labute approximate surface area is 151 Å². The van der Waals surface area contributed by atoms with Gasteiger partial charge in [0.1, 0.15) is 0 Å². The molecule has 3 heterocycles. The largest absolute Gasteiger partial charge is 0.454 e. The molecule has 0 radical (unpaired) electrons. The van der Waals surface area contributed by atoms with Crippen LogP contribution >= 0.6 is 0 Å². The number of amides is 1. The molecule has 1 fully saturated rings. The SMILES string of the molecule is Cn1cc(CN2CCC(O)C2)c(C(=O)NCc2ccc3c(c2)OCO3)n1. The highest BCUT2D eigenvalue weighted by molar-refractivity contribution is 5.93. The number of carbonyl (C=O) groups is 1. The van der Waals surface area contributed by atoms with Crippen LogP contribution in [0.15, 0.2) is 24.4 Å². The molecule has 138 valence electrons. The normalized spacial score (nSPS) is 19.1. The van der Waals surface area contributed by atoms with Gasteiger partial charge in [-0.1, -0.05) is 6.07 Å². The van der Waals surface area contributed by atoms with Crippen LogP contribution in [-0.4, -0.2) is 51.7 Å². The summed E-state index contributed by atoms with van der Waals surface area (Å²) in [6, 6.07) is 5.61. The average molecular weight is 358 g/mol. The first kappa shape index (κ1) is 16.9. The van der Waals surface area contributed by atoms with Crippen LogP contribution in [0.5, 0.6) is 11.5 Å². The van der Waals surface area contributed by atoms with Crippen LogP contribution in [0.3, 0.4) is 0 Å². The lowest BCUT2D eigenvalue weighted by molar-refractivity contribution is 0.0943. The number of hydrogen-bond acceptors (Lipinski definition) is 6. The highest BCUT2D eigenvalue weighted by atomic mass is 16.7. The molecule has 2 N–H and O–H groups in total. The average Bonchev–Trinajstić information content (AvgIpc) is 3.33. The Morgan fingerprint density at radius 3 is 3.04 bits per heavy atom. The molecule has 26 heavy (non-hydrogen) atoms. The Hall–Kier alpha value is -2.58. The standard InChI is InChI=1S/C18H22N4O4/c1-21-8-13(9-22-5-4-14(23)10-22)17(20-21)18(24)19-7-12-2-3-15-16(6-12)26-11-25-15/h2-3,6,8,14,23H,4-5,7,9-11H2,1H3,(H,19,24). The number of likely N-dealkylation sites (tertiary alicyclic amines) is 1. The van der Waals surface area contributed by atoms with E-state index in [9.17, 15) is 9.90 Å². The molecule has 1 aromatic carbocycles. The summed E-state index contributed by atoms with van der Waals surface area (Å²) in [4.78, 5) is 14.7. The number of benzene rings is 1. The fraction of sp³-hybridized carbons (Fsp3) is 0.444. The van der Waals surface area contributed by atoms with Crippen LogP contribution < -0.4 is 14.8 Å². The lowest BCUT2D eigenvalue weighted by atomic mass is 10.2. The van der Waals surface area contributed by atoms with Gasteiger partial charge in [-0.3, -0.25) is 14.4 Å². The van der Waals surface area contributed by atoms with Gasteiger partial charge in [0, 0.05) is 45.0 Å². The monoisotopic (exact) mass is 358 g/mol. The second-order valence-electron chi connectivity index (χ2n) is 6.72. The third kappa shape index (κ3) is 3.51. The second kappa shape index (κ2) is 6.97. The molecule has 2 aliphatic rings. The molecule has 1 saturated heterocycles. The second-order valence-corrected chi connectivity index (χ2v) is 6.72. The van der Waals surface area contributed by atoms with Gasteiger partial charge in [-0.15, -0.1) is 0 Å². The number of β-amino-alcohol motifs (C(OH)–C–C–N with tert-alkyl or cyclic N) is 1. The van der Waals surface area contributed by atoms with Crippen molar-refractivity contribution in [2.45, 2.75) is 25.6 Å². The first-order valence-corrected chi connectivity index (χ1v) is 8.68. The number of fused-ring (bicyclic) bond motifs is 1. The van der Waals surface area contributed by atoms with Gasteiger partial charge in [0.25, 0.3) is 5.91 Å². The van der Waals surface area contributed by atoms with Crippen LogP contribution in [0, 0.1) is 0 Å². The van der Waals surface area contributed by atoms with Crippen molar-refractivity contribution in [3.05, 3.63) is 41.2 Å². The van der Waals surface area contributed by atoms with E-state index >= 15 is 0 Å². The number of aliphatic hydroxyl groups excluding tert-OH is 1. The zero-order valence-electron chi connectivity index (χ0n) is 14.6. The molecule has 8 nitrogen and oxygen atoms in total. The molecule has 1 amide bonds. The van der Waals surface area contributed by atoms with E-state index in [1.807, 2.05) is 24.4 Å².